The number of hydrogen-bond acceptors (Lipinski definition) is 0. The smallest absolute Gasteiger partial charge is 0.0397 e. The number of hydrogen-bond donors (Lipinski definition) is 0. The summed E-state index contributed by atoms with van der Waals surface area (Å²) < 4.78 is 0. The first-order chi connectivity index (χ1) is 11.9. The molecule has 0 saturated carbocycles. The molecule has 0 aliphatic heterocycles. The van der Waals surface area contributed by atoms with E-state index >= 15 is 0 Å². The molecule has 0 aliphatic rings. The van der Waals surface area contributed by atoms with E-state index in [9.17, 15) is 0 Å². The van der Waals surface area contributed by atoms with E-state index in [0.29, 0.717) is 22.6 Å². The van der Waals surface area contributed by atoms with Gasteiger partial charge >= 0.3 is 0 Å². The largest absolute Gasteiger partial charge is 0.122 e. The summed E-state index contributed by atoms with van der Waals surface area (Å²) in [6.07, 6.45) is 19.0. The first kappa shape index (κ1) is 25.3. The summed E-state index contributed by atoms with van der Waals surface area (Å²) in [5, 5.41) is 0.342. The van der Waals surface area contributed by atoms with Gasteiger partial charge in [-0.3, -0.25) is 0 Å². The van der Waals surface area contributed by atoms with Gasteiger partial charge in [0.15, 0.2) is 0 Å². The van der Waals surface area contributed by atoms with Crippen LogP contribution in [0.3, 0.4) is 0 Å². The van der Waals surface area contributed by atoms with Crippen LogP contribution in [-0.2, 0) is 0 Å². The van der Waals surface area contributed by atoms with Crippen LogP contribution in [0.5, 0.6) is 0 Å². The predicted molar refractivity (Wildman–Crippen MR) is 118 cm³/mol. The van der Waals surface area contributed by atoms with Gasteiger partial charge in [-0.05, 0) is 30.1 Å². The maximum atomic E-state index is 7.10. The molecule has 25 heavy (non-hydrogen) atoms. The van der Waals surface area contributed by atoms with Gasteiger partial charge < -0.3 is 0 Å². The monoisotopic (exact) mass is 372 g/mol. The van der Waals surface area contributed by atoms with Crippen molar-refractivity contribution in [2.75, 3.05) is 0 Å². The van der Waals surface area contributed by atoms with Crippen LogP contribution in [0.4, 0.5) is 0 Å². The lowest BCUT2D eigenvalue weighted by atomic mass is 9.63. The molecule has 0 heterocycles. The standard InChI is InChI=1S/C24H49Cl/c1-7-9-11-13-15-17-19-23(25)24(21(3)4,22(5)6)20-18-16-14-12-10-8-2/h21-23H,7-20H2,1-6H3. The number of unbranched alkanes of at least 4 members (excludes halogenated alkanes) is 10. The van der Waals surface area contributed by atoms with E-state index in [1.165, 1.54) is 89.9 Å². The molecule has 0 nitrogen and oxygen atoms in total. The van der Waals surface area contributed by atoms with Crippen molar-refractivity contribution >= 4 is 11.6 Å². The normalized spacial score (nSPS) is 13.8. The molecule has 0 saturated heterocycles. The fourth-order valence-electron chi connectivity index (χ4n) is 4.71. The van der Waals surface area contributed by atoms with Gasteiger partial charge in [-0.25, -0.2) is 0 Å². The minimum atomic E-state index is 0.315. The summed E-state index contributed by atoms with van der Waals surface area (Å²) in [4.78, 5) is 0. The first-order valence-electron chi connectivity index (χ1n) is 11.6. The molecule has 0 aliphatic carbocycles. The van der Waals surface area contributed by atoms with E-state index in [1.807, 2.05) is 0 Å². The second-order valence-electron chi connectivity index (χ2n) is 8.96. The van der Waals surface area contributed by atoms with Gasteiger partial charge in [0.2, 0.25) is 0 Å². The van der Waals surface area contributed by atoms with Gasteiger partial charge in [0.25, 0.3) is 0 Å². The number of alkyl halides is 1. The Labute approximate surface area is 165 Å². The lowest BCUT2D eigenvalue weighted by molar-refractivity contribution is 0.0826. The summed E-state index contributed by atoms with van der Waals surface area (Å²) in [5.41, 5.74) is 0.315. The molecule has 0 aromatic carbocycles. The van der Waals surface area contributed by atoms with Crippen LogP contribution in [0, 0.1) is 17.3 Å². The van der Waals surface area contributed by atoms with E-state index in [4.69, 9.17) is 11.6 Å². The molecule has 0 N–H and O–H groups in total. The Morgan fingerprint density at radius 1 is 0.600 bits per heavy atom. The van der Waals surface area contributed by atoms with Crippen LogP contribution in [0.1, 0.15) is 131 Å². The fourth-order valence-corrected chi connectivity index (χ4v) is 5.48. The van der Waals surface area contributed by atoms with Crippen LogP contribution in [0.2, 0.25) is 0 Å². The van der Waals surface area contributed by atoms with Gasteiger partial charge in [-0.15, -0.1) is 11.6 Å². The highest BCUT2D eigenvalue weighted by atomic mass is 35.5. The molecule has 1 atom stereocenters. The Balaban J connectivity index is 4.47. The average Bonchev–Trinajstić information content (AvgIpc) is 2.56. The third kappa shape index (κ3) is 9.69. The van der Waals surface area contributed by atoms with E-state index < -0.39 is 0 Å². The van der Waals surface area contributed by atoms with Crippen molar-refractivity contribution in [3.8, 4) is 0 Å². The van der Waals surface area contributed by atoms with Crippen LogP contribution in [0.25, 0.3) is 0 Å². The second-order valence-corrected chi connectivity index (χ2v) is 9.49. The molecule has 0 spiro atoms. The molecule has 0 fully saturated rings. The molecular weight excluding hydrogens is 324 g/mol. The summed E-state index contributed by atoms with van der Waals surface area (Å²) in [6.45, 7) is 14.2. The van der Waals surface area contributed by atoms with Crippen molar-refractivity contribution in [3.63, 3.8) is 0 Å². The molecule has 152 valence electrons. The maximum Gasteiger partial charge on any atom is 0.0397 e. The molecular formula is C24H49Cl. The molecule has 0 radical (unpaired) electrons. The van der Waals surface area contributed by atoms with E-state index in [0.717, 1.165) is 0 Å². The highest BCUT2D eigenvalue weighted by Gasteiger charge is 2.42. The summed E-state index contributed by atoms with van der Waals surface area (Å²) in [5.74, 6) is 1.34. The van der Waals surface area contributed by atoms with Crippen LogP contribution in [-0.4, -0.2) is 5.38 Å². The Morgan fingerprint density at radius 3 is 1.44 bits per heavy atom. The van der Waals surface area contributed by atoms with Crippen molar-refractivity contribution in [1.29, 1.82) is 0 Å². The molecule has 0 aromatic heterocycles. The van der Waals surface area contributed by atoms with Crippen molar-refractivity contribution in [2.45, 2.75) is 137 Å². The highest BCUT2D eigenvalue weighted by Crippen LogP contribution is 2.48. The van der Waals surface area contributed by atoms with E-state index in [1.54, 1.807) is 0 Å². The zero-order valence-corrected chi connectivity index (χ0v) is 19.3. The Bertz CT molecular complexity index is 274. The number of rotatable bonds is 17. The Hall–Kier alpha value is 0.290. The second kappa shape index (κ2) is 15.4. The lowest BCUT2D eigenvalue weighted by Gasteiger charge is -2.46. The molecule has 0 bridgehead atoms. The van der Waals surface area contributed by atoms with Crippen LogP contribution >= 0.6 is 11.6 Å². The maximum absolute atomic E-state index is 7.10. The molecule has 1 heteroatoms. The lowest BCUT2D eigenvalue weighted by Crippen LogP contribution is -2.41. The Kier molecular flexibility index (Phi) is 15.5. The van der Waals surface area contributed by atoms with E-state index in [2.05, 4.69) is 41.5 Å². The molecule has 0 rings (SSSR count). The third-order valence-corrected chi connectivity index (χ3v) is 7.13. The average molecular weight is 373 g/mol. The van der Waals surface area contributed by atoms with Crippen LogP contribution in [0.15, 0.2) is 0 Å². The molecule has 0 aromatic rings. The SMILES string of the molecule is CCCCCCCCC(Cl)C(CCCCCCCC)(C(C)C)C(C)C. The minimum absolute atomic E-state index is 0.315. The van der Waals surface area contributed by atoms with Gasteiger partial charge in [0, 0.05) is 5.38 Å². The predicted octanol–water partition coefficient (Wildman–Crippen LogP) is 9.39. The zero-order valence-electron chi connectivity index (χ0n) is 18.5. The van der Waals surface area contributed by atoms with Crippen molar-refractivity contribution < 1.29 is 0 Å². The van der Waals surface area contributed by atoms with Gasteiger partial charge in [-0.2, -0.15) is 0 Å². The van der Waals surface area contributed by atoms with E-state index in [-0.39, 0.29) is 0 Å². The summed E-state index contributed by atoms with van der Waals surface area (Å²) in [6, 6.07) is 0. The topological polar surface area (TPSA) is 0 Å². The fraction of sp³-hybridized carbons (Fsp3) is 1.00. The summed E-state index contributed by atoms with van der Waals surface area (Å²) >= 11 is 7.10. The molecule has 1 unspecified atom stereocenters. The van der Waals surface area contributed by atoms with Gasteiger partial charge in [0.1, 0.15) is 0 Å². The van der Waals surface area contributed by atoms with Crippen molar-refractivity contribution in [3.05, 3.63) is 0 Å². The molecule has 0 amide bonds. The first-order valence-corrected chi connectivity index (χ1v) is 12.0. The minimum Gasteiger partial charge on any atom is -0.122 e. The zero-order chi connectivity index (χ0) is 19.1. The van der Waals surface area contributed by atoms with Gasteiger partial charge in [0.05, 0.1) is 0 Å². The third-order valence-electron chi connectivity index (χ3n) is 6.51. The number of halogens is 1. The van der Waals surface area contributed by atoms with Crippen LogP contribution < -0.4 is 0 Å². The van der Waals surface area contributed by atoms with Crippen molar-refractivity contribution in [1.82, 2.24) is 0 Å². The Morgan fingerprint density at radius 2 is 1.00 bits per heavy atom. The van der Waals surface area contributed by atoms with Gasteiger partial charge in [-0.1, -0.05) is 119 Å². The summed E-state index contributed by atoms with van der Waals surface area (Å²) in [7, 11) is 0. The van der Waals surface area contributed by atoms with Crippen molar-refractivity contribution in [2.24, 2.45) is 17.3 Å². The highest BCUT2D eigenvalue weighted by molar-refractivity contribution is 6.21. The quantitative estimate of drug-likeness (QED) is 0.176.